The predicted octanol–water partition coefficient (Wildman–Crippen LogP) is 2.05. The van der Waals surface area contributed by atoms with Gasteiger partial charge in [0.1, 0.15) is 22.2 Å². The Morgan fingerprint density at radius 3 is 2.68 bits per heavy atom. The number of hydrogen-bond acceptors (Lipinski definition) is 3. The van der Waals surface area contributed by atoms with E-state index >= 15 is 0 Å². The van der Waals surface area contributed by atoms with Gasteiger partial charge >= 0.3 is 0 Å². The SMILES string of the molecule is Cl.Fc1cccc(C2=NC3(CCNCC3)NC2=S)c1. The zero-order valence-corrected chi connectivity index (χ0v) is 11.9. The molecule has 2 heterocycles. The fraction of sp³-hybridized carbons (Fsp3) is 0.385. The second kappa shape index (κ2) is 5.53. The van der Waals surface area contributed by atoms with Gasteiger partial charge in [-0.15, -0.1) is 12.4 Å². The number of nitrogens with zero attached hydrogens (tertiary/aromatic N) is 1. The minimum Gasteiger partial charge on any atom is -0.350 e. The minimum absolute atomic E-state index is 0. The Bertz CT molecular complexity index is 526. The van der Waals surface area contributed by atoms with Gasteiger partial charge in [0.15, 0.2) is 0 Å². The molecule has 1 aromatic rings. The maximum Gasteiger partial charge on any atom is 0.133 e. The van der Waals surface area contributed by atoms with Crippen molar-refractivity contribution in [2.45, 2.75) is 18.5 Å². The monoisotopic (exact) mass is 299 g/mol. The first-order chi connectivity index (χ1) is 8.69. The van der Waals surface area contributed by atoms with Crippen LogP contribution in [0.2, 0.25) is 0 Å². The molecule has 6 heteroatoms. The smallest absolute Gasteiger partial charge is 0.133 e. The average molecular weight is 300 g/mol. The zero-order chi connectivity index (χ0) is 12.6. The fourth-order valence-corrected chi connectivity index (χ4v) is 2.83. The summed E-state index contributed by atoms with van der Waals surface area (Å²) in [5, 5.41) is 6.60. The lowest BCUT2D eigenvalue weighted by Crippen LogP contribution is -2.49. The molecule has 0 saturated carbocycles. The highest BCUT2D eigenvalue weighted by atomic mass is 35.5. The van der Waals surface area contributed by atoms with Crippen LogP contribution in [0.15, 0.2) is 29.3 Å². The highest BCUT2D eigenvalue weighted by molar-refractivity contribution is 7.82. The summed E-state index contributed by atoms with van der Waals surface area (Å²) in [6, 6.07) is 6.43. The first-order valence-electron chi connectivity index (χ1n) is 6.08. The van der Waals surface area contributed by atoms with Crippen LogP contribution in [0, 0.1) is 5.82 Å². The number of thiocarbonyl (C=S) groups is 1. The molecule has 0 aliphatic carbocycles. The van der Waals surface area contributed by atoms with Crippen molar-refractivity contribution in [3.8, 4) is 0 Å². The van der Waals surface area contributed by atoms with Gasteiger partial charge in [0.25, 0.3) is 0 Å². The number of piperidine rings is 1. The van der Waals surface area contributed by atoms with Crippen LogP contribution in [0.4, 0.5) is 4.39 Å². The quantitative estimate of drug-likeness (QED) is 0.779. The summed E-state index contributed by atoms with van der Waals surface area (Å²) in [6.07, 6.45) is 1.82. The third kappa shape index (κ3) is 2.78. The van der Waals surface area contributed by atoms with Crippen LogP contribution >= 0.6 is 24.6 Å². The fourth-order valence-electron chi connectivity index (χ4n) is 2.47. The molecule has 3 nitrogen and oxygen atoms in total. The molecule has 0 amide bonds. The Morgan fingerprint density at radius 1 is 1.26 bits per heavy atom. The third-order valence-electron chi connectivity index (χ3n) is 3.42. The average Bonchev–Trinajstić information content (AvgIpc) is 2.67. The van der Waals surface area contributed by atoms with Crippen LogP contribution < -0.4 is 10.6 Å². The molecule has 0 atom stereocenters. The van der Waals surface area contributed by atoms with Crippen molar-refractivity contribution in [2.75, 3.05) is 13.1 Å². The highest BCUT2D eigenvalue weighted by Crippen LogP contribution is 2.26. The van der Waals surface area contributed by atoms with Crippen molar-refractivity contribution >= 4 is 35.3 Å². The second-order valence-electron chi connectivity index (χ2n) is 4.71. The number of hydrogen-bond donors (Lipinski definition) is 2. The van der Waals surface area contributed by atoms with Gasteiger partial charge in [-0.05, 0) is 25.2 Å². The molecule has 1 fully saturated rings. The van der Waals surface area contributed by atoms with E-state index in [1.54, 1.807) is 6.07 Å². The molecule has 0 bridgehead atoms. The highest BCUT2D eigenvalue weighted by Gasteiger charge is 2.38. The van der Waals surface area contributed by atoms with Crippen molar-refractivity contribution < 1.29 is 4.39 Å². The van der Waals surface area contributed by atoms with Gasteiger partial charge in [-0.25, -0.2) is 4.39 Å². The van der Waals surface area contributed by atoms with Crippen LogP contribution in [0.5, 0.6) is 0 Å². The van der Waals surface area contributed by atoms with Crippen molar-refractivity contribution in [2.24, 2.45) is 4.99 Å². The summed E-state index contributed by atoms with van der Waals surface area (Å²) in [4.78, 5) is 5.36. The lowest BCUT2D eigenvalue weighted by atomic mass is 10.00. The topological polar surface area (TPSA) is 36.4 Å². The maximum absolute atomic E-state index is 13.3. The van der Waals surface area contributed by atoms with E-state index < -0.39 is 0 Å². The lowest BCUT2D eigenvalue weighted by molar-refractivity contribution is 0.300. The molecular formula is C13H15ClFN3S. The van der Waals surface area contributed by atoms with Gasteiger partial charge in [-0.2, -0.15) is 0 Å². The molecule has 0 aromatic heterocycles. The Kier molecular flexibility index (Phi) is 4.18. The molecule has 0 unspecified atom stereocenters. The van der Waals surface area contributed by atoms with E-state index in [4.69, 9.17) is 17.2 Å². The summed E-state index contributed by atoms with van der Waals surface area (Å²) < 4.78 is 13.3. The predicted molar refractivity (Wildman–Crippen MR) is 80.8 cm³/mol. The minimum atomic E-state index is -0.274. The number of benzene rings is 1. The van der Waals surface area contributed by atoms with Gasteiger partial charge in [0, 0.05) is 18.4 Å². The summed E-state index contributed by atoms with van der Waals surface area (Å²) in [7, 11) is 0. The second-order valence-corrected chi connectivity index (χ2v) is 5.11. The molecule has 3 rings (SSSR count). The summed E-state index contributed by atoms with van der Waals surface area (Å²) >= 11 is 5.33. The van der Waals surface area contributed by atoms with E-state index in [2.05, 4.69) is 10.6 Å². The molecule has 1 saturated heterocycles. The van der Waals surface area contributed by atoms with Crippen LogP contribution in [0.1, 0.15) is 18.4 Å². The van der Waals surface area contributed by atoms with Gasteiger partial charge in [0.2, 0.25) is 0 Å². The molecule has 2 N–H and O–H groups in total. The lowest BCUT2D eigenvalue weighted by Gasteiger charge is -2.31. The molecular weight excluding hydrogens is 285 g/mol. The van der Waals surface area contributed by atoms with E-state index in [-0.39, 0.29) is 23.9 Å². The van der Waals surface area contributed by atoms with E-state index in [1.807, 2.05) is 6.07 Å². The van der Waals surface area contributed by atoms with E-state index in [0.29, 0.717) is 10.7 Å². The maximum atomic E-state index is 13.3. The number of nitrogens with one attached hydrogen (secondary N) is 2. The zero-order valence-electron chi connectivity index (χ0n) is 10.3. The molecule has 1 spiro atoms. The van der Waals surface area contributed by atoms with Gasteiger partial charge < -0.3 is 10.6 Å². The van der Waals surface area contributed by atoms with Crippen molar-refractivity contribution in [3.63, 3.8) is 0 Å². The number of halogens is 2. The van der Waals surface area contributed by atoms with Crippen LogP contribution in [0.25, 0.3) is 0 Å². The Labute approximate surface area is 123 Å². The Hall–Kier alpha value is -1.04. The largest absolute Gasteiger partial charge is 0.350 e. The Morgan fingerprint density at radius 2 is 2.00 bits per heavy atom. The standard InChI is InChI=1S/C13H14FN3S.ClH/c14-10-3-1-2-9(8-10)11-12(18)17-13(16-11)4-6-15-7-5-13;/h1-3,8,15H,4-7H2,(H,17,18);1H. The van der Waals surface area contributed by atoms with Gasteiger partial charge in [-0.3, -0.25) is 4.99 Å². The Balaban J connectivity index is 0.00000133. The van der Waals surface area contributed by atoms with Crippen LogP contribution in [-0.4, -0.2) is 29.5 Å². The molecule has 2 aliphatic heterocycles. The molecule has 1 aromatic carbocycles. The molecule has 2 aliphatic rings. The summed E-state index contributed by atoms with van der Waals surface area (Å²) in [6.45, 7) is 1.85. The van der Waals surface area contributed by atoms with Crippen molar-refractivity contribution in [3.05, 3.63) is 35.6 Å². The van der Waals surface area contributed by atoms with Crippen LogP contribution in [0.3, 0.4) is 0 Å². The number of rotatable bonds is 1. The van der Waals surface area contributed by atoms with E-state index in [9.17, 15) is 4.39 Å². The van der Waals surface area contributed by atoms with Crippen molar-refractivity contribution in [1.82, 2.24) is 10.6 Å². The normalized spacial score (nSPS) is 20.7. The van der Waals surface area contributed by atoms with Gasteiger partial charge in [-0.1, -0.05) is 24.4 Å². The first kappa shape index (κ1) is 14.4. The summed E-state index contributed by atoms with van der Waals surface area (Å²) in [5.74, 6) is -0.260. The van der Waals surface area contributed by atoms with Gasteiger partial charge in [0.05, 0.1) is 0 Å². The van der Waals surface area contributed by atoms with Crippen molar-refractivity contribution in [1.29, 1.82) is 0 Å². The van der Waals surface area contributed by atoms with E-state index in [0.717, 1.165) is 31.5 Å². The summed E-state index contributed by atoms with van der Waals surface area (Å²) in [5.41, 5.74) is 1.19. The third-order valence-corrected chi connectivity index (χ3v) is 3.71. The van der Waals surface area contributed by atoms with E-state index in [1.165, 1.54) is 12.1 Å². The molecule has 19 heavy (non-hydrogen) atoms. The van der Waals surface area contributed by atoms with Crippen LogP contribution in [-0.2, 0) is 0 Å². The molecule has 102 valence electrons. The first-order valence-corrected chi connectivity index (χ1v) is 6.48. The number of aliphatic imine (C=N–C) groups is 1. The molecule has 0 radical (unpaired) electrons.